The fourth-order valence-corrected chi connectivity index (χ4v) is 2.61. The second-order valence-corrected chi connectivity index (χ2v) is 7.36. The molecule has 0 aliphatic heterocycles. The zero-order chi connectivity index (χ0) is 17.0. The maximum absolute atomic E-state index is 12.0. The summed E-state index contributed by atoms with van der Waals surface area (Å²) in [6.07, 6.45) is 0. The maximum atomic E-state index is 12.0. The van der Waals surface area contributed by atoms with Gasteiger partial charge in [-0.1, -0.05) is 31.7 Å². The summed E-state index contributed by atoms with van der Waals surface area (Å²) < 4.78 is 5.67. The number of thioether (sulfide) groups is 1. The summed E-state index contributed by atoms with van der Waals surface area (Å²) >= 11 is 1.27. The van der Waals surface area contributed by atoms with E-state index >= 15 is 0 Å². The van der Waals surface area contributed by atoms with E-state index in [4.69, 9.17) is 4.42 Å². The molecule has 0 saturated carbocycles. The van der Waals surface area contributed by atoms with Gasteiger partial charge in [-0.3, -0.25) is 4.79 Å². The molecule has 0 fully saturated rings. The van der Waals surface area contributed by atoms with Gasteiger partial charge < -0.3 is 9.73 Å². The number of aryl methyl sites for hydroxylation is 2. The normalized spacial score (nSPS) is 12.4. The second kappa shape index (κ2) is 7.64. The van der Waals surface area contributed by atoms with Gasteiger partial charge in [0, 0.05) is 12.1 Å². The number of hydrogen-bond donors (Lipinski definition) is 1. The third kappa shape index (κ3) is 4.82. The topological polar surface area (TPSA) is 68.0 Å². The molecule has 5 nitrogen and oxygen atoms in total. The first-order valence-electron chi connectivity index (χ1n) is 7.72. The molecule has 2 rings (SSSR count). The lowest BCUT2D eigenvalue weighted by atomic mass is 10.1. The number of benzene rings is 1. The van der Waals surface area contributed by atoms with Gasteiger partial charge in [0.2, 0.25) is 11.8 Å². The minimum atomic E-state index is -0.276. The molecule has 23 heavy (non-hydrogen) atoms. The first kappa shape index (κ1) is 17.5. The highest BCUT2D eigenvalue weighted by Gasteiger charge is 2.18. The fourth-order valence-electron chi connectivity index (χ4n) is 1.90. The van der Waals surface area contributed by atoms with Crippen molar-refractivity contribution in [1.29, 1.82) is 0 Å². The van der Waals surface area contributed by atoms with Crippen molar-refractivity contribution in [2.45, 2.75) is 45.1 Å². The summed E-state index contributed by atoms with van der Waals surface area (Å²) in [5.41, 5.74) is 3.29. The van der Waals surface area contributed by atoms with Gasteiger partial charge in [0.25, 0.3) is 5.22 Å². The van der Waals surface area contributed by atoms with E-state index in [1.165, 1.54) is 22.9 Å². The molecule has 0 bridgehead atoms. The first-order valence-corrected chi connectivity index (χ1v) is 8.60. The molecule has 0 aliphatic carbocycles. The molecule has 0 saturated heterocycles. The molecular weight excluding hydrogens is 310 g/mol. The van der Waals surface area contributed by atoms with Crippen molar-refractivity contribution in [3.63, 3.8) is 0 Å². The van der Waals surface area contributed by atoms with Crippen LogP contribution in [-0.4, -0.2) is 27.9 Å². The number of amides is 1. The van der Waals surface area contributed by atoms with E-state index < -0.39 is 0 Å². The smallest absolute Gasteiger partial charge is 0.277 e. The molecule has 0 unspecified atom stereocenters. The molecule has 0 radical (unpaired) electrons. The zero-order valence-corrected chi connectivity index (χ0v) is 15.0. The molecule has 1 aromatic heterocycles. The Labute approximate surface area is 141 Å². The summed E-state index contributed by atoms with van der Waals surface area (Å²) in [5, 5.41) is 11.1. The molecule has 1 atom stereocenters. The van der Waals surface area contributed by atoms with E-state index in [1.54, 1.807) is 0 Å². The molecule has 6 heteroatoms. The van der Waals surface area contributed by atoms with Crippen LogP contribution in [0.25, 0.3) is 11.5 Å². The minimum Gasteiger partial charge on any atom is -0.411 e. The molecule has 1 aromatic carbocycles. The molecule has 0 spiro atoms. The van der Waals surface area contributed by atoms with Gasteiger partial charge in [-0.25, -0.2) is 0 Å². The lowest BCUT2D eigenvalue weighted by Gasteiger charge is -2.11. The number of aromatic nitrogens is 2. The van der Waals surface area contributed by atoms with Crippen LogP contribution in [0.4, 0.5) is 0 Å². The van der Waals surface area contributed by atoms with Gasteiger partial charge in [0.1, 0.15) is 0 Å². The molecule has 124 valence electrons. The lowest BCUT2D eigenvalue weighted by Crippen LogP contribution is -2.33. The van der Waals surface area contributed by atoms with Crippen LogP contribution in [0.1, 0.15) is 31.9 Å². The predicted molar refractivity (Wildman–Crippen MR) is 92.4 cm³/mol. The van der Waals surface area contributed by atoms with Gasteiger partial charge >= 0.3 is 0 Å². The SMILES string of the molecule is Cc1ccc(-c2nnc(S[C@@H](C)C(=O)NCC(C)C)o2)cc1C. The van der Waals surface area contributed by atoms with Gasteiger partial charge in [-0.05, 0) is 49.9 Å². The molecule has 0 aliphatic rings. The van der Waals surface area contributed by atoms with E-state index in [-0.39, 0.29) is 11.2 Å². The van der Waals surface area contributed by atoms with Crippen molar-refractivity contribution in [1.82, 2.24) is 15.5 Å². The summed E-state index contributed by atoms with van der Waals surface area (Å²) in [6.45, 7) is 10.7. The van der Waals surface area contributed by atoms with Crippen LogP contribution in [0.3, 0.4) is 0 Å². The quantitative estimate of drug-likeness (QED) is 0.818. The van der Waals surface area contributed by atoms with Gasteiger partial charge in [0.05, 0.1) is 5.25 Å². The zero-order valence-electron chi connectivity index (χ0n) is 14.2. The van der Waals surface area contributed by atoms with Crippen molar-refractivity contribution in [3.8, 4) is 11.5 Å². The summed E-state index contributed by atoms with van der Waals surface area (Å²) in [7, 11) is 0. The van der Waals surface area contributed by atoms with Gasteiger partial charge in [0.15, 0.2) is 0 Å². The summed E-state index contributed by atoms with van der Waals surface area (Å²) in [5.74, 6) is 0.885. The van der Waals surface area contributed by atoms with E-state index in [2.05, 4.69) is 36.3 Å². The minimum absolute atomic E-state index is 0.0189. The largest absolute Gasteiger partial charge is 0.411 e. The summed E-state index contributed by atoms with van der Waals surface area (Å²) in [6, 6.07) is 6.02. The average Bonchev–Trinajstić information content (AvgIpc) is 2.96. The third-order valence-electron chi connectivity index (χ3n) is 3.49. The monoisotopic (exact) mass is 333 g/mol. The highest BCUT2D eigenvalue weighted by Crippen LogP contribution is 2.27. The highest BCUT2D eigenvalue weighted by atomic mass is 32.2. The van der Waals surface area contributed by atoms with Crippen LogP contribution in [0.15, 0.2) is 27.8 Å². The number of nitrogens with one attached hydrogen (secondary N) is 1. The van der Waals surface area contributed by atoms with Crippen LogP contribution in [0.5, 0.6) is 0 Å². The van der Waals surface area contributed by atoms with Crippen molar-refractivity contribution >= 4 is 17.7 Å². The third-order valence-corrected chi connectivity index (χ3v) is 4.43. The summed E-state index contributed by atoms with van der Waals surface area (Å²) in [4.78, 5) is 12.0. The first-order chi connectivity index (χ1) is 10.9. The highest BCUT2D eigenvalue weighted by molar-refractivity contribution is 8.00. The van der Waals surface area contributed by atoms with E-state index in [0.717, 1.165) is 5.56 Å². The van der Waals surface area contributed by atoms with Crippen molar-refractivity contribution < 1.29 is 9.21 Å². The molecule has 1 heterocycles. The van der Waals surface area contributed by atoms with Crippen LogP contribution in [0, 0.1) is 19.8 Å². The maximum Gasteiger partial charge on any atom is 0.277 e. The van der Waals surface area contributed by atoms with Crippen molar-refractivity contribution in [2.75, 3.05) is 6.54 Å². The number of nitrogens with zero attached hydrogens (tertiary/aromatic N) is 2. The Morgan fingerprint density at radius 2 is 1.96 bits per heavy atom. The Balaban J connectivity index is 2.01. The molecular formula is C17H23N3O2S. The molecule has 2 aromatic rings. The Morgan fingerprint density at radius 3 is 2.61 bits per heavy atom. The fraction of sp³-hybridized carbons (Fsp3) is 0.471. The van der Waals surface area contributed by atoms with E-state index in [0.29, 0.717) is 23.6 Å². The molecule has 1 N–H and O–H groups in total. The van der Waals surface area contributed by atoms with Crippen molar-refractivity contribution in [3.05, 3.63) is 29.3 Å². The molecule has 1 amide bonds. The van der Waals surface area contributed by atoms with E-state index in [1.807, 2.05) is 32.0 Å². The van der Waals surface area contributed by atoms with Crippen LogP contribution < -0.4 is 5.32 Å². The Bertz CT molecular complexity index is 682. The van der Waals surface area contributed by atoms with E-state index in [9.17, 15) is 4.79 Å². The Morgan fingerprint density at radius 1 is 1.22 bits per heavy atom. The average molecular weight is 333 g/mol. The van der Waals surface area contributed by atoms with Crippen LogP contribution in [0.2, 0.25) is 0 Å². The standard InChI is InChI=1S/C17H23N3O2S/c1-10(2)9-18-15(21)13(5)23-17-20-19-16(22-17)14-7-6-11(3)12(4)8-14/h6-8,10,13H,9H2,1-5H3,(H,18,21)/t13-/m0/s1. The van der Waals surface area contributed by atoms with Gasteiger partial charge in [-0.2, -0.15) is 0 Å². The number of hydrogen-bond acceptors (Lipinski definition) is 5. The second-order valence-electron chi connectivity index (χ2n) is 6.07. The van der Waals surface area contributed by atoms with Crippen molar-refractivity contribution in [2.24, 2.45) is 5.92 Å². The Kier molecular flexibility index (Phi) is 5.82. The predicted octanol–water partition coefficient (Wildman–Crippen LogP) is 3.61. The number of rotatable bonds is 6. The van der Waals surface area contributed by atoms with Crippen LogP contribution in [-0.2, 0) is 4.79 Å². The number of carbonyl (C=O) groups excluding carboxylic acids is 1. The Hall–Kier alpha value is -1.82. The van der Waals surface area contributed by atoms with Crippen LogP contribution >= 0.6 is 11.8 Å². The van der Waals surface area contributed by atoms with Gasteiger partial charge in [-0.15, -0.1) is 10.2 Å². The number of carbonyl (C=O) groups is 1. The lowest BCUT2D eigenvalue weighted by molar-refractivity contribution is -0.120.